The van der Waals surface area contributed by atoms with Gasteiger partial charge < -0.3 is 5.73 Å². The van der Waals surface area contributed by atoms with Gasteiger partial charge in [-0.15, -0.1) is 12.3 Å². The smallest absolute Gasteiger partial charge is 0.0351 e. The van der Waals surface area contributed by atoms with Gasteiger partial charge in [0.1, 0.15) is 0 Å². The van der Waals surface area contributed by atoms with Gasteiger partial charge in [0.05, 0.1) is 0 Å². The Morgan fingerprint density at radius 3 is 2.44 bits per heavy atom. The molecule has 0 saturated heterocycles. The molecule has 0 heterocycles. The van der Waals surface area contributed by atoms with Gasteiger partial charge in [0.25, 0.3) is 0 Å². The van der Waals surface area contributed by atoms with Crippen LogP contribution in [0.25, 0.3) is 0 Å². The molecule has 0 spiro atoms. The van der Waals surface area contributed by atoms with E-state index in [9.17, 15) is 0 Å². The van der Waals surface area contributed by atoms with Gasteiger partial charge in [-0.25, -0.2) is 0 Å². The SMILES string of the molecule is C#CC1CCCCC1N. The molecular weight excluding hydrogens is 110 g/mol. The first-order valence-corrected chi connectivity index (χ1v) is 3.56. The second-order valence-corrected chi connectivity index (χ2v) is 2.72. The number of terminal acetylenes is 1. The maximum absolute atomic E-state index is 5.75. The minimum absolute atomic E-state index is 0.281. The van der Waals surface area contributed by atoms with Gasteiger partial charge >= 0.3 is 0 Å². The highest BCUT2D eigenvalue weighted by Gasteiger charge is 2.18. The Hall–Kier alpha value is -0.480. The van der Waals surface area contributed by atoms with Crippen LogP contribution < -0.4 is 5.73 Å². The summed E-state index contributed by atoms with van der Waals surface area (Å²) in [5.41, 5.74) is 5.75. The highest BCUT2D eigenvalue weighted by Crippen LogP contribution is 2.21. The van der Waals surface area contributed by atoms with Crippen molar-refractivity contribution in [3.8, 4) is 12.3 Å². The number of rotatable bonds is 0. The molecule has 0 aromatic rings. The normalized spacial score (nSPS) is 35.6. The van der Waals surface area contributed by atoms with Gasteiger partial charge in [-0.2, -0.15) is 0 Å². The van der Waals surface area contributed by atoms with Crippen LogP contribution in [0.5, 0.6) is 0 Å². The van der Waals surface area contributed by atoms with Crippen LogP contribution in [-0.2, 0) is 0 Å². The molecule has 0 aromatic carbocycles. The van der Waals surface area contributed by atoms with Crippen molar-refractivity contribution in [2.75, 3.05) is 0 Å². The maximum Gasteiger partial charge on any atom is 0.0351 e. The Bertz CT molecular complexity index is 123. The van der Waals surface area contributed by atoms with Crippen molar-refractivity contribution < 1.29 is 0 Å². The molecule has 0 aliphatic heterocycles. The highest BCUT2D eigenvalue weighted by molar-refractivity contribution is 4.99. The minimum Gasteiger partial charge on any atom is -0.327 e. The second kappa shape index (κ2) is 2.89. The first-order chi connectivity index (χ1) is 4.34. The summed E-state index contributed by atoms with van der Waals surface area (Å²) in [5, 5.41) is 0. The third-order valence-electron chi connectivity index (χ3n) is 2.03. The molecular formula is C8H13N. The Morgan fingerprint density at radius 2 is 2.00 bits per heavy atom. The van der Waals surface area contributed by atoms with Crippen molar-refractivity contribution in [3.63, 3.8) is 0 Å². The second-order valence-electron chi connectivity index (χ2n) is 2.72. The molecule has 50 valence electrons. The predicted molar refractivity (Wildman–Crippen MR) is 38.8 cm³/mol. The van der Waals surface area contributed by atoms with E-state index >= 15 is 0 Å². The summed E-state index contributed by atoms with van der Waals surface area (Å²) in [4.78, 5) is 0. The van der Waals surface area contributed by atoms with Crippen molar-refractivity contribution in [1.82, 2.24) is 0 Å². The molecule has 2 N–H and O–H groups in total. The average Bonchev–Trinajstić information content (AvgIpc) is 1.89. The highest BCUT2D eigenvalue weighted by atomic mass is 14.6. The fourth-order valence-electron chi connectivity index (χ4n) is 1.37. The summed E-state index contributed by atoms with van der Waals surface area (Å²) in [6.07, 6.45) is 10.0. The largest absolute Gasteiger partial charge is 0.327 e. The van der Waals surface area contributed by atoms with E-state index in [4.69, 9.17) is 12.2 Å². The van der Waals surface area contributed by atoms with Crippen LogP contribution in [0.2, 0.25) is 0 Å². The van der Waals surface area contributed by atoms with E-state index < -0.39 is 0 Å². The van der Waals surface area contributed by atoms with E-state index in [2.05, 4.69) is 5.92 Å². The molecule has 1 rings (SSSR count). The van der Waals surface area contributed by atoms with Crippen LogP contribution in [0.15, 0.2) is 0 Å². The number of nitrogens with two attached hydrogens (primary N) is 1. The lowest BCUT2D eigenvalue weighted by Gasteiger charge is -2.23. The summed E-state index contributed by atoms with van der Waals surface area (Å²) >= 11 is 0. The van der Waals surface area contributed by atoms with Crippen LogP contribution >= 0.6 is 0 Å². The summed E-state index contributed by atoms with van der Waals surface area (Å²) in [6, 6.07) is 0.281. The molecule has 1 fully saturated rings. The van der Waals surface area contributed by atoms with Crippen LogP contribution in [-0.4, -0.2) is 6.04 Å². The molecule has 9 heavy (non-hydrogen) atoms. The quantitative estimate of drug-likeness (QED) is 0.480. The van der Waals surface area contributed by atoms with Gasteiger partial charge in [0, 0.05) is 12.0 Å². The van der Waals surface area contributed by atoms with E-state index in [1.165, 1.54) is 12.8 Å². The van der Waals surface area contributed by atoms with Gasteiger partial charge in [0.15, 0.2) is 0 Å². The third kappa shape index (κ3) is 1.46. The lowest BCUT2D eigenvalue weighted by Crippen LogP contribution is -2.31. The summed E-state index contributed by atoms with van der Waals surface area (Å²) in [5.74, 6) is 3.09. The molecule has 2 atom stereocenters. The molecule has 1 nitrogen and oxygen atoms in total. The molecule has 2 unspecified atom stereocenters. The first-order valence-electron chi connectivity index (χ1n) is 3.56. The first kappa shape index (κ1) is 6.64. The average molecular weight is 123 g/mol. The molecule has 1 saturated carbocycles. The molecule has 0 radical (unpaired) electrons. The molecule has 1 heteroatoms. The summed E-state index contributed by atoms with van der Waals surface area (Å²) in [6.45, 7) is 0. The zero-order chi connectivity index (χ0) is 6.69. The van der Waals surface area contributed by atoms with Gasteiger partial charge in [-0.1, -0.05) is 12.8 Å². The van der Waals surface area contributed by atoms with E-state index in [-0.39, 0.29) is 6.04 Å². The third-order valence-corrected chi connectivity index (χ3v) is 2.03. The molecule has 0 aromatic heterocycles. The molecule has 1 aliphatic rings. The lowest BCUT2D eigenvalue weighted by molar-refractivity contribution is 0.372. The predicted octanol–water partition coefficient (Wildman–Crippen LogP) is 1.14. The Balaban J connectivity index is 2.41. The topological polar surface area (TPSA) is 26.0 Å². The Kier molecular flexibility index (Phi) is 2.13. The van der Waals surface area contributed by atoms with E-state index in [0.29, 0.717) is 5.92 Å². The fraction of sp³-hybridized carbons (Fsp3) is 0.750. The van der Waals surface area contributed by atoms with E-state index in [1.54, 1.807) is 0 Å². The van der Waals surface area contributed by atoms with E-state index in [0.717, 1.165) is 12.8 Å². The fourth-order valence-corrected chi connectivity index (χ4v) is 1.37. The Labute approximate surface area is 56.6 Å². The van der Waals surface area contributed by atoms with E-state index in [1.807, 2.05) is 0 Å². The van der Waals surface area contributed by atoms with Crippen LogP contribution in [0.3, 0.4) is 0 Å². The lowest BCUT2D eigenvalue weighted by atomic mass is 9.86. The molecule has 1 aliphatic carbocycles. The monoisotopic (exact) mass is 123 g/mol. The molecule has 0 amide bonds. The van der Waals surface area contributed by atoms with Crippen LogP contribution in [0.4, 0.5) is 0 Å². The minimum atomic E-state index is 0.281. The zero-order valence-corrected chi connectivity index (χ0v) is 5.64. The number of hydrogen-bond acceptors (Lipinski definition) is 1. The standard InChI is InChI=1S/C8H13N/c1-2-7-5-3-4-6-8(7)9/h1,7-8H,3-6,9H2. The van der Waals surface area contributed by atoms with Crippen LogP contribution in [0, 0.1) is 18.3 Å². The van der Waals surface area contributed by atoms with Crippen molar-refractivity contribution in [3.05, 3.63) is 0 Å². The van der Waals surface area contributed by atoms with Gasteiger partial charge in [0.2, 0.25) is 0 Å². The van der Waals surface area contributed by atoms with Gasteiger partial charge in [-0.05, 0) is 12.8 Å². The summed E-state index contributed by atoms with van der Waals surface area (Å²) in [7, 11) is 0. The van der Waals surface area contributed by atoms with Crippen LogP contribution in [0.1, 0.15) is 25.7 Å². The summed E-state index contributed by atoms with van der Waals surface area (Å²) < 4.78 is 0. The van der Waals surface area contributed by atoms with Crippen molar-refractivity contribution in [2.45, 2.75) is 31.7 Å². The van der Waals surface area contributed by atoms with Gasteiger partial charge in [-0.3, -0.25) is 0 Å². The Morgan fingerprint density at radius 1 is 1.33 bits per heavy atom. The molecule has 0 bridgehead atoms. The number of hydrogen-bond donors (Lipinski definition) is 1. The maximum atomic E-state index is 5.75. The van der Waals surface area contributed by atoms with Crippen molar-refractivity contribution >= 4 is 0 Å². The zero-order valence-electron chi connectivity index (χ0n) is 5.64. The van der Waals surface area contributed by atoms with Crippen molar-refractivity contribution in [1.29, 1.82) is 0 Å². The van der Waals surface area contributed by atoms with Crippen molar-refractivity contribution in [2.24, 2.45) is 11.7 Å².